The molecule has 0 heterocycles. The van der Waals surface area contributed by atoms with Gasteiger partial charge in [-0.2, -0.15) is 0 Å². The third kappa shape index (κ3) is 3.92. The molecule has 7 nitrogen and oxygen atoms in total. The van der Waals surface area contributed by atoms with Gasteiger partial charge < -0.3 is 10.3 Å². The number of rotatable bonds is 6. The van der Waals surface area contributed by atoms with Crippen LogP contribution in [0.25, 0.3) is 0 Å². The van der Waals surface area contributed by atoms with E-state index in [0.29, 0.717) is 18.2 Å². The van der Waals surface area contributed by atoms with Crippen molar-refractivity contribution in [1.82, 2.24) is 4.90 Å². The van der Waals surface area contributed by atoms with E-state index < -0.39 is 4.92 Å². The van der Waals surface area contributed by atoms with Gasteiger partial charge in [0.15, 0.2) is 0 Å². The summed E-state index contributed by atoms with van der Waals surface area (Å²) in [6.07, 6.45) is 0.838. The van der Waals surface area contributed by atoms with Crippen molar-refractivity contribution in [2.45, 2.75) is 20.3 Å². The zero-order chi connectivity index (χ0) is 15.3. The smallest absolute Gasteiger partial charge is 0.282 e. The Labute approximate surface area is 117 Å². The highest BCUT2D eigenvalue weighted by molar-refractivity contribution is 5.99. The van der Waals surface area contributed by atoms with E-state index in [2.05, 4.69) is 19.3 Å². The minimum Gasteiger partial charge on any atom is -0.341 e. The van der Waals surface area contributed by atoms with E-state index in [1.165, 1.54) is 23.1 Å². The van der Waals surface area contributed by atoms with E-state index in [1.807, 2.05) is 0 Å². The molecule has 110 valence electrons. The average molecular weight is 280 g/mol. The zero-order valence-electron chi connectivity index (χ0n) is 11.9. The van der Waals surface area contributed by atoms with Crippen LogP contribution in [0.3, 0.4) is 0 Å². The third-order valence-corrected chi connectivity index (χ3v) is 2.98. The van der Waals surface area contributed by atoms with Crippen molar-refractivity contribution in [3.63, 3.8) is 0 Å². The van der Waals surface area contributed by atoms with E-state index in [4.69, 9.17) is 5.84 Å². The van der Waals surface area contributed by atoms with E-state index >= 15 is 0 Å². The summed E-state index contributed by atoms with van der Waals surface area (Å²) in [6, 6.07) is 4.13. The Hall–Kier alpha value is -2.15. The summed E-state index contributed by atoms with van der Waals surface area (Å²) in [4.78, 5) is 24.2. The minimum atomic E-state index is -0.566. The topological polar surface area (TPSA) is 102 Å². The van der Waals surface area contributed by atoms with Crippen LogP contribution >= 0.6 is 0 Å². The predicted molar refractivity (Wildman–Crippen MR) is 77.3 cm³/mol. The van der Waals surface area contributed by atoms with Crippen LogP contribution in [0, 0.1) is 16.0 Å². The maximum atomic E-state index is 12.3. The first-order valence-corrected chi connectivity index (χ1v) is 6.37. The summed E-state index contributed by atoms with van der Waals surface area (Å²) < 4.78 is 0. The second kappa shape index (κ2) is 6.85. The van der Waals surface area contributed by atoms with Gasteiger partial charge in [0, 0.05) is 25.3 Å². The van der Waals surface area contributed by atoms with Gasteiger partial charge >= 0.3 is 0 Å². The Morgan fingerprint density at radius 1 is 1.50 bits per heavy atom. The number of hydrogen-bond donors (Lipinski definition) is 2. The number of nitro groups is 1. The van der Waals surface area contributed by atoms with Gasteiger partial charge in [0.1, 0.15) is 5.56 Å². The molecule has 0 radical (unpaired) electrons. The molecule has 20 heavy (non-hydrogen) atoms. The molecule has 1 aromatic carbocycles. The molecule has 0 fully saturated rings. The Kier molecular flexibility index (Phi) is 5.45. The fourth-order valence-corrected chi connectivity index (χ4v) is 1.72. The lowest BCUT2D eigenvalue weighted by Crippen LogP contribution is -2.29. The number of amides is 1. The molecule has 0 atom stereocenters. The molecule has 0 unspecified atom stereocenters. The monoisotopic (exact) mass is 280 g/mol. The van der Waals surface area contributed by atoms with Crippen molar-refractivity contribution < 1.29 is 9.72 Å². The van der Waals surface area contributed by atoms with Crippen LogP contribution in [0.4, 0.5) is 11.4 Å². The van der Waals surface area contributed by atoms with Crippen molar-refractivity contribution in [2.24, 2.45) is 11.8 Å². The largest absolute Gasteiger partial charge is 0.341 e. The van der Waals surface area contributed by atoms with Crippen LogP contribution in [-0.2, 0) is 0 Å². The normalized spacial score (nSPS) is 10.4. The summed E-state index contributed by atoms with van der Waals surface area (Å²) in [5.74, 6) is 5.35. The van der Waals surface area contributed by atoms with Crippen molar-refractivity contribution >= 4 is 17.3 Å². The van der Waals surface area contributed by atoms with Crippen molar-refractivity contribution in [2.75, 3.05) is 19.0 Å². The van der Waals surface area contributed by atoms with Crippen LogP contribution in [0.2, 0.25) is 0 Å². The lowest BCUT2D eigenvalue weighted by molar-refractivity contribution is -0.385. The van der Waals surface area contributed by atoms with Gasteiger partial charge in [-0.25, -0.2) is 0 Å². The van der Waals surface area contributed by atoms with Crippen LogP contribution in [0.1, 0.15) is 30.6 Å². The predicted octanol–water partition coefficient (Wildman–Crippen LogP) is 2.00. The second-order valence-corrected chi connectivity index (χ2v) is 5.04. The summed E-state index contributed by atoms with van der Waals surface area (Å²) in [7, 11) is 1.64. The van der Waals surface area contributed by atoms with Crippen molar-refractivity contribution in [3.05, 3.63) is 33.9 Å². The highest BCUT2D eigenvalue weighted by Crippen LogP contribution is 2.23. The van der Waals surface area contributed by atoms with Crippen LogP contribution in [0.15, 0.2) is 18.2 Å². The number of carbonyl (C=O) groups excluding carboxylic acids is 1. The number of hydrazine groups is 1. The summed E-state index contributed by atoms with van der Waals surface area (Å²) in [5, 5.41) is 11.0. The van der Waals surface area contributed by atoms with E-state index in [0.717, 1.165) is 6.42 Å². The molecule has 7 heteroatoms. The number of nitro benzene ring substituents is 1. The Balaban J connectivity index is 3.03. The molecule has 0 saturated heterocycles. The first-order chi connectivity index (χ1) is 9.36. The van der Waals surface area contributed by atoms with Gasteiger partial charge in [0.25, 0.3) is 11.6 Å². The van der Waals surface area contributed by atoms with Crippen molar-refractivity contribution in [1.29, 1.82) is 0 Å². The fourth-order valence-electron chi connectivity index (χ4n) is 1.72. The number of nitrogens with two attached hydrogens (primary N) is 1. The molecule has 3 N–H and O–H groups in total. The number of anilines is 1. The van der Waals surface area contributed by atoms with Gasteiger partial charge in [-0.15, -0.1) is 0 Å². The highest BCUT2D eigenvalue weighted by Gasteiger charge is 2.23. The first-order valence-electron chi connectivity index (χ1n) is 6.37. The van der Waals surface area contributed by atoms with Gasteiger partial charge in [-0.3, -0.25) is 20.8 Å². The summed E-state index contributed by atoms with van der Waals surface area (Å²) in [5.41, 5.74) is 2.66. The molecule has 0 saturated carbocycles. The van der Waals surface area contributed by atoms with Gasteiger partial charge in [-0.1, -0.05) is 13.8 Å². The number of nitrogen functional groups attached to an aromatic ring is 1. The van der Waals surface area contributed by atoms with E-state index in [1.54, 1.807) is 7.05 Å². The third-order valence-electron chi connectivity index (χ3n) is 2.98. The van der Waals surface area contributed by atoms with Crippen LogP contribution in [-0.4, -0.2) is 29.3 Å². The Morgan fingerprint density at radius 2 is 2.15 bits per heavy atom. The fraction of sp³-hybridized carbons (Fsp3) is 0.462. The number of nitrogens with one attached hydrogen (secondary N) is 1. The summed E-state index contributed by atoms with van der Waals surface area (Å²) >= 11 is 0. The van der Waals surface area contributed by atoms with E-state index in [-0.39, 0.29) is 17.2 Å². The number of hydrogen-bond acceptors (Lipinski definition) is 5. The number of nitrogens with zero attached hydrogens (tertiary/aromatic N) is 2. The Morgan fingerprint density at radius 3 is 2.65 bits per heavy atom. The molecular formula is C13H20N4O3. The highest BCUT2D eigenvalue weighted by atomic mass is 16.6. The molecule has 1 aromatic rings. The lowest BCUT2D eigenvalue weighted by Gasteiger charge is -2.18. The maximum absolute atomic E-state index is 12.3. The molecule has 0 bridgehead atoms. The van der Waals surface area contributed by atoms with Crippen LogP contribution < -0.4 is 11.3 Å². The number of carbonyl (C=O) groups is 1. The molecule has 0 aliphatic heterocycles. The average Bonchev–Trinajstić information content (AvgIpc) is 2.42. The maximum Gasteiger partial charge on any atom is 0.282 e. The number of benzene rings is 1. The summed E-state index contributed by atoms with van der Waals surface area (Å²) in [6.45, 7) is 4.66. The first kappa shape index (κ1) is 15.9. The second-order valence-electron chi connectivity index (χ2n) is 5.04. The van der Waals surface area contributed by atoms with Gasteiger partial charge in [0.2, 0.25) is 0 Å². The van der Waals surface area contributed by atoms with Gasteiger partial charge in [0.05, 0.1) is 4.92 Å². The molecule has 1 amide bonds. The zero-order valence-corrected chi connectivity index (χ0v) is 11.9. The molecule has 1 rings (SSSR count). The van der Waals surface area contributed by atoms with Gasteiger partial charge in [-0.05, 0) is 24.5 Å². The molecule has 0 aromatic heterocycles. The molecular weight excluding hydrogens is 260 g/mol. The standard InChI is InChI=1S/C13H20N4O3/c1-9(2)6-7-16(3)13(18)11-8-10(15-14)4-5-12(11)17(19)20/h4-5,8-9,15H,6-7,14H2,1-3H3. The quantitative estimate of drug-likeness (QED) is 0.471. The van der Waals surface area contributed by atoms with E-state index in [9.17, 15) is 14.9 Å². The van der Waals surface area contributed by atoms with Crippen molar-refractivity contribution in [3.8, 4) is 0 Å². The SMILES string of the molecule is CC(C)CCN(C)C(=O)c1cc(NN)ccc1[N+](=O)[O-]. The lowest BCUT2D eigenvalue weighted by atomic mass is 10.1. The molecule has 0 spiro atoms. The minimum absolute atomic E-state index is 0.0386. The molecule has 0 aliphatic rings. The van der Waals surface area contributed by atoms with Crippen LogP contribution in [0.5, 0.6) is 0 Å². The Bertz CT molecular complexity index is 502. The molecule has 0 aliphatic carbocycles.